The van der Waals surface area contributed by atoms with Gasteiger partial charge in [-0.15, -0.1) is 0 Å². The van der Waals surface area contributed by atoms with Gasteiger partial charge in [0.1, 0.15) is 11.3 Å². The van der Waals surface area contributed by atoms with Gasteiger partial charge in [0.25, 0.3) is 0 Å². The Balaban J connectivity index is 0.000000237. The second-order valence-electron chi connectivity index (χ2n) is 7.20. The van der Waals surface area contributed by atoms with E-state index in [-0.39, 0.29) is 17.1 Å². The third kappa shape index (κ3) is 5.48. The Morgan fingerprint density at radius 3 is 1.86 bits per heavy atom. The fourth-order valence-electron chi connectivity index (χ4n) is 2.64. The molecule has 3 rings (SSSR count). The van der Waals surface area contributed by atoms with Crippen LogP contribution >= 0.6 is 23.0 Å². The van der Waals surface area contributed by atoms with E-state index in [4.69, 9.17) is 8.17 Å². The molecule has 4 nitrogen and oxygen atoms in total. The van der Waals surface area contributed by atoms with Crippen LogP contribution in [0.2, 0.25) is 0 Å². The van der Waals surface area contributed by atoms with E-state index >= 15 is 0 Å². The summed E-state index contributed by atoms with van der Waals surface area (Å²) in [6, 6.07) is 22.2. The Hall–Kier alpha value is -2.54. The van der Waals surface area contributed by atoms with Crippen LogP contribution in [0.15, 0.2) is 72.8 Å². The van der Waals surface area contributed by atoms with Gasteiger partial charge < -0.3 is 13.3 Å². The van der Waals surface area contributed by atoms with Crippen LogP contribution in [0.3, 0.4) is 0 Å². The van der Waals surface area contributed by atoms with Crippen LogP contribution in [0.4, 0.5) is 0 Å². The molecule has 0 radical (unpaired) electrons. The minimum absolute atomic E-state index is 0.0149. The van der Waals surface area contributed by atoms with Gasteiger partial charge in [-0.2, -0.15) is 0 Å². The maximum atomic E-state index is 11.1. The Bertz CT molecular complexity index is 917. The molecule has 0 spiro atoms. The number of halogens is 1. The first-order valence-electron chi connectivity index (χ1n) is 8.74. The molecule has 0 saturated carbocycles. The van der Waals surface area contributed by atoms with Crippen molar-refractivity contribution in [1.29, 1.82) is 0 Å². The fourth-order valence-corrected chi connectivity index (χ4v) is 3.10. The van der Waals surface area contributed by atoms with Crippen molar-refractivity contribution in [3.8, 4) is 22.6 Å². The predicted octanol–water partition coefficient (Wildman–Crippen LogP) is 6.47. The van der Waals surface area contributed by atoms with E-state index in [9.17, 15) is 9.90 Å². The van der Waals surface area contributed by atoms with Crippen molar-refractivity contribution in [2.45, 2.75) is 26.2 Å². The summed E-state index contributed by atoms with van der Waals surface area (Å²) in [5, 5.41) is 19.0. The van der Waals surface area contributed by atoms with E-state index in [0.717, 1.165) is 0 Å². The Kier molecular flexibility index (Phi) is 7.45. The number of rotatable bonds is 3. The van der Waals surface area contributed by atoms with E-state index in [2.05, 4.69) is 51.1 Å². The summed E-state index contributed by atoms with van der Waals surface area (Å²) < 4.78 is 5.10. The van der Waals surface area contributed by atoms with Crippen molar-refractivity contribution in [3.63, 3.8) is 0 Å². The van der Waals surface area contributed by atoms with Gasteiger partial charge in [0.05, 0.1) is 5.56 Å². The topological polar surface area (TPSA) is 66.8 Å². The molecule has 0 aliphatic rings. The third-order valence-electron chi connectivity index (χ3n) is 4.15. The van der Waals surface area contributed by atoms with Crippen LogP contribution in [-0.2, 0) is 5.41 Å². The standard InChI is InChI=1S/C13H9IO4.C10H14/c14-18-12-9(13(16)17)6-7-10(15)11(12)8-4-2-1-3-5-8;1-10(2,3)9-7-5-4-6-8-9/h1-7,15H,(H,16,17);4-8H,1-3H3. The molecule has 0 aliphatic heterocycles. The number of carboxylic acid groups (broad SMARTS) is 1. The fraction of sp³-hybridized carbons (Fsp3) is 0.174. The monoisotopic (exact) mass is 490 g/mol. The zero-order valence-electron chi connectivity index (χ0n) is 16.0. The van der Waals surface area contributed by atoms with Crippen molar-refractivity contribution in [3.05, 3.63) is 83.9 Å². The van der Waals surface area contributed by atoms with Crippen LogP contribution in [-0.4, -0.2) is 16.2 Å². The number of phenols is 1. The highest BCUT2D eigenvalue weighted by atomic mass is 127. The number of aromatic hydroxyl groups is 1. The molecule has 2 N–H and O–H groups in total. The molecule has 0 amide bonds. The van der Waals surface area contributed by atoms with E-state index in [1.807, 2.05) is 6.07 Å². The lowest BCUT2D eigenvalue weighted by atomic mass is 9.87. The van der Waals surface area contributed by atoms with Gasteiger partial charge in [0, 0.05) is 0 Å². The molecule has 0 saturated heterocycles. The first-order chi connectivity index (χ1) is 13.3. The SMILES string of the molecule is CC(C)(C)c1ccccc1.O=C(O)c1ccc(O)c(-c2ccccc2)c1OI. The lowest BCUT2D eigenvalue weighted by molar-refractivity contribution is 0.0695. The lowest BCUT2D eigenvalue weighted by Crippen LogP contribution is -2.10. The smallest absolute Gasteiger partial charge is 0.339 e. The number of aromatic carboxylic acids is 1. The van der Waals surface area contributed by atoms with E-state index in [0.29, 0.717) is 16.5 Å². The molecule has 0 aliphatic carbocycles. The van der Waals surface area contributed by atoms with Crippen LogP contribution in [0.5, 0.6) is 11.5 Å². The zero-order valence-corrected chi connectivity index (χ0v) is 18.2. The van der Waals surface area contributed by atoms with E-state index in [1.165, 1.54) is 17.7 Å². The Morgan fingerprint density at radius 2 is 1.43 bits per heavy atom. The van der Waals surface area contributed by atoms with Gasteiger partial charge in [-0.3, -0.25) is 0 Å². The number of hydrogen-bond acceptors (Lipinski definition) is 3. The maximum Gasteiger partial charge on any atom is 0.339 e. The normalized spacial score (nSPS) is 10.6. The highest BCUT2D eigenvalue weighted by Gasteiger charge is 2.20. The van der Waals surface area contributed by atoms with Crippen LogP contribution < -0.4 is 3.07 Å². The van der Waals surface area contributed by atoms with Gasteiger partial charge in [-0.1, -0.05) is 81.4 Å². The maximum absolute atomic E-state index is 11.1. The minimum atomic E-state index is -1.10. The van der Waals surface area contributed by atoms with Crippen molar-refractivity contribution in [2.24, 2.45) is 0 Å². The summed E-state index contributed by atoms with van der Waals surface area (Å²) in [7, 11) is 0. The number of carbonyl (C=O) groups is 1. The molecule has 0 fully saturated rings. The highest BCUT2D eigenvalue weighted by molar-refractivity contribution is 14.1. The van der Waals surface area contributed by atoms with Crippen molar-refractivity contribution < 1.29 is 18.1 Å². The van der Waals surface area contributed by atoms with E-state index < -0.39 is 5.97 Å². The van der Waals surface area contributed by atoms with Gasteiger partial charge in [-0.25, -0.2) is 4.79 Å². The summed E-state index contributed by atoms with van der Waals surface area (Å²) in [4.78, 5) is 11.1. The average Bonchev–Trinajstić information content (AvgIpc) is 2.68. The molecule has 0 unspecified atom stereocenters. The molecular weight excluding hydrogens is 467 g/mol. The summed E-state index contributed by atoms with van der Waals surface area (Å²) >= 11 is 1.61. The number of phenolic OH excluding ortho intramolecular Hbond substituents is 1. The molecule has 0 aromatic heterocycles. The summed E-state index contributed by atoms with van der Waals surface area (Å²) in [5.41, 5.74) is 2.78. The first kappa shape index (κ1) is 21.8. The predicted molar refractivity (Wildman–Crippen MR) is 120 cm³/mol. The van der Waals surface area contributed by atoms with Crippen LogP contribution in [0.1, 0.15) is 36.7 Å². The molecule has 3 aromatic rings. The molecule has 5 heteroatoms. The Labute approximate surface area is 179 Å². The lowest BCUT2D eigenvalue weighted by Gasteiger charge is -2.18. The summed E-state index contributed by atoms with van der Waals surface area (Å²) in [5.74, 6) is -0.967. The molecule has 0 heterocycles. The summed E-state index contributed by atoms with van der Waals surface area (Å²) in [6.07, 6.45) is 0. The molecule has 0 atom stereocenters. The van der Waals surface area contributed by atoms with Crippen molar-refractivity contribution in [1.82, 2.24) is 0 Å². The average molecular weight is 490 g/mol. The molecule has 0 bridgehead atoms. The third-order valence-corrected chi connectivity index (χ3v) is 4.59. The first-order valence-corrected chi connectivity index (χ1v) is 9.62. The van der Waals surface area contributed by atoms with E-state index in [1.54, 1.807) is 47.3 Å². The van der Waals surface area contributed by atoms with Gasteiger partial charge in [0.15, 0.2) is 28.8 Å². The highest BCUT2D eigenvalue weighted by Crippen LogP contribution is 2.41. The second-order valence-corrected chi connectivity index (χ2v) is 7.64. The van der Waals surface area contributed by atoms with Crippen LogP contribution in [0, 0.1) is 0 Å². The van der Waals surface area contributed by atoms with Gasteiger partial charge in [-0.05, 0) is 28.7 Å². The molecule has 146 valence electrons. The van der Waals surface area contributed by atoms with Crippen LogP contribution in [0.25, 0.3) is 11.1 Å². The van der Waals surface area contributed by atoms with Gasteiger partial charge in [0.2, 0.25) is 0 Å². The van der Waals surface area contributed by atoms with Crippen molar-refractivity contribution in [2.75, 3.05) is 0 Å². The number of carboxylic acids is 1. The quantitative estimate of drug-likeness (QED) is 0.413. The summed E-state index contributed by atoms with van der Waals surface area (Å²) in [6.45, 7) is 6.67. The minimum Gasteiger partial charge on any atom is -0.507 e. The largest absolute Gasteiger partial charge is 0.507 e. The zero-order chi connectivity index (χ0) is 20.7. The van der Waals surface area contributed by atoms with Crippen molar-refractivity contribution >= 4 is 29.0 Å². The Morgan fingerprint density at radius 1 is 0.893 bits per heavy atom. The second kappa shape index (κ2) is 9.59. The molecular formula is C23H23IO4. The molecule has 28 heavy (non-hydrogen) atoms. The number of benzene rings is 3. The van der Waals surface area contributed by atoms with Gasteiger partial charge >= 0.3 is 5.97 Å². The number of hydrogen-bond donors (Lipinski definition) is 2. The molecule has 3 aromatic carbocycles.